The number of nitriles is 1. The number of nitrogens with zero attached hydrogens (tertiary/aromatic N) is 1. The highest BCUT2D eigenvalue weighted by atomic mass is 19.4. The molecule has 1 aromatic carbocycles. The average molecular weight is 414 g/mol. The summed E-state index contributed by atoms with van der Waals surface area (Å²) in [5.74, 6) is 2.27. The van der Waals surface area contributed by atoms with Gasteiger partial charge in [-0.25, -0.2) is 0 Å². The zero-order valence-electron chi connectivity index (χ0n) is 17.3. The summed E-state index contributed by atoms with van der Waals surface area (Å²) in [5.41, 5.74) is 0.480. The number of allylic oxidation sites excluding steroid dienone is 6. The Labute approximate surface area is 178 Å². The monoisotopic (exact) mass is 413 g/mol. The summed E-state index contributed by atoms with van der Waals surface area (Å²) >= 11 is 0. The van der Waals surface area contributed by atoms with Crippen LogP contribution in [0.4, 0.5) is 13.2 Å². The van der Waals surface area contributed by atoms with Crippen LogP contribution in [0.3, 0.4) is 0 Å². The highest BCUT2D eigenvalue weighted by Gasteiger charge is 2.30. The first kappa shape index (κ1) is 22.4. The highest BCUT2D eigenvalue weighted by Crippen LogP contribution is 2.38. The molecule has 0 N–H and O–H groups in total. The summed E-state index contributed by atoms with van der Waals surface area (Å²) in [6.07, 6.45) is 17.2. The highest BCUT2D eigenvalue weighted by molar-refractivity contribution is 5.27. The Morgan fingerprint density at radius 3 is 1.73 bits per heavy atom. The molecule has 1 nitrogen and oxygen atoms in total. The molecule has 4 heteroatoms. The topological polar surface area (TPSA) is 23.8 Å². The number of benzene rings is 1. The predicted octanol–water partition coefficient (Wildman–Crippen LogP) is 7.98. The first-order valence-electron chi connectivity index (χ1n) is 11.0. The molecular weight excluding hydrogens is 383 g/mol. The Balaban J connectivity index is 1.41. The molecule has 2 fully saturated rings. The molecule has 0 saturated heterocycles. The van der Waals surface area contributed by atoms with E-state index in [1.54, 1.807) is 18.2 Å². The quantitative estimate of drug-likeness (QED) is 0.273. The second kappa shape index (κ2) is 10.7. The van der Waals surface area contributed by atoms with Gasteiger partial charge < -0.3 is 0 Å². The summed E-state index contributed by atoms with van der Waals surface area (Å²) in [7, 11) is 0. The fraction of sp³-hybridized carbons (Fsp3) is 0.500. The van der Waals surface area contributed by atoms with Crippen molar-refractivity contribution in [1.29, 1.82) is 5.26 Å². The minimum absolute atomic E-state index is 0.384. The number of halogens is 3. The fourth-order valence-electron chi connectivity index (χ4n) is 4.75. The van der Waals surface area contributed by atoms with Crippen molar-refractivity contribution in [3.8, 4) is 6.07 Å². The Morgan fingerprint density at radius 2 is 1.23 bits per heavy atom. The minimum atomic E-state index is -4.26. The van der Waals surface area contributed by atoms with Gasteiger partial charge in [0.05, 0.1) is 11.6 Å². The van der Waals surface area contributed by atoms with Gasteiger partial charge in [-0.1, -0.05) is 42.5 Å². The van der Waals surface area contributed by atoms with E-state index >= 15 is 0 Å². The second-order valence-electron chi connectivity index (χ2n) is 8.66. The van der Waals surface area contributed by atoms with E-state index in [2.05, 4.69) is 18.2 Å². The maximum Gasteiger partial charge on any atom is 0.416 e. The Kier molecular flexibility index (Phi) is 7.96. The van der Waals surface area contributed by atoms with E-state index in [9.17, 15) is 13.2 Å². The van der Waals surface area contributed by atoms with Crippen molar-refractivity contribution in [3.63, 3.8) is 0 Å². The molecule has 0 heterocycles. The van der Waals surface area contributed by atoms with Gasteiger partial charge >= 0.3 is 6.18 Å². The van der Waals surface area contributed by atoms with Crippen LogP contribution < -0.4 is 0 Å². The Morgan fingerprint density at radius 1 is 0.733 bits per heavy atom. The smallest absolute Gasteiger partial charge is 0.193 e. The van der Waals surface area contributed by atoms with Gasteiger partial charge in [-0.05, 0) is 92.7 Å². The van der Waals surface area contributed by atoms with Gasteiger partial charge in [0.1, 0.15) is 0 Å². The van der Waals surface area contributed by atoms with Gasteiger partial charge in [-0.2, -0.15) is 18.4 Å². The molecule has 0 atom stereocenters. The summed E-state index contributed by atoms with van der Waals surface area (Å²) in [5, 5.41) is 8.50. The van der Waals surface area contributed by atoms with Crippen molar-refractivity contribution in [2.45, 2.75) is 63.5 Å². The zero-order chi connectivity index (χ0) is 21.4. The van der Waals surface area contributed by atoms with Gasteiger partial charge in [0, 0.05) is 6.08 Å². The molecule has 2 aliphatic rings. The maximum atomic E-state index is 12.7. The standard InChI is InChI=1S/C26H30F3N/c27-26(28,29)25-17-15-24(16-18-25)23-13-11-22(12-14-23)10-9-21-7-5-20(6-8-21)4-2-1-3-19-30/h1-4,9-10,15-18,20-23H,5-8,11-14H2/b3-1?,4-2?,10-9+/t20-,21-,22-,23-. The van der Waals surface area contributed by atoms with E-state index < -0.39 is 11.7 Å². The number of alkyl halides is 3. The third-order valence-electron chi connectivity index (χ3n) is 6.62. The van der Waals surface area contributed by atoms with Crippen LogP contribution in [0.1, 0.15) is 68.4 Å². The van der Waals surface area contributed by atoms with Crippen molar-refractivity contribution in [2.24, 2.45) is 17.8 Å². The van der Waals surface area contributed by atoms with E-state index in [1.807, 2.05) is 12.1 Å². The molecule has 160 valence electrons. The number of hydrogen-bond acceptors (Lipinski definition) is 1. The first-order valence-corrected chi connectivity index (χ1v) is 11.0. The molecule has 0 unspecified atom stereocenters. The number of hydrogen-bond donors (Lipinski definition) is 0. The third kappa shape index (κ3) is 6.62. The molecule has 2 saturated carbocycles. The van der Waals surface area contributed by atoms with Crippen molar-refractivity contribution in [1.82, 2.24) is 0 Å². The lowest BCUT2D eigenvalue weighted by Crippen LogP contribution is -2.14. The van der Waals surface area contributed by atoms with Crippen molar-refractivity contribution in [3.05, 3.63) is 71.8 Å². The molecular formula is C26H30F3N. The van der Waals surface area contributed by atoms with Gasteiger partial charge in [0.25, 0.3) is 0 Å². The average Bonchev–Trinajstić information content (AvgIpc) is 2.76. The van der Waals surface area contributed by atoms with Crippen LogP contribution >= 0.6 is 0 Å². The van der Waals surface area contributed by atoms with Crippen LogP contribution in [-0.2, 0) is 6.18 Å². The molecule has 0 bridgehead atoms. The third-order valence-corrected chi connectivity index (χ3v) is 6.62. The molecule has 0 spiro atoms. The lowest BCUT2D eigenvalue weighted by atomic mass is 9.77. The van der Waals surface area contributed by atoms with Crippen LogP contribution in [0, 0.1) is 29.1 Å². The normalized spacial score (nSPS) is 28.3. The maximum absolute atomic E-state index is 12.7. The van der Waals surface area contributed by atoms with E-state index in [-0.39, 0.29) is 0 Å². The van der Waals surface area contributed by atoms with Gasteiger partial charge in [-0.3, -0.25) is 0 Å². The van der Waals surface area contributed by atoms with E-state index in [1.165, 1.54) is 43.9 Å². The van der Waals surface area contributed by atoms with Crippen molar-refractivity contribution >= 4 is 0 Å². The van der Waals surface area contributed by atoms with Gasteiger partial charge in [0.15, 0.2) is 0 Å². The summed E-state index contributed by atoms with van der Waals surface area (Å²) < 4.78 is 38.2. The van der Waals surface area contributed by atoms with E-state index in [0.29, 0.717) is 23.7 Å². The Bertz CT molecular complexity index is 779. The molecule has 2 aliphatic carbocycles. The minimum Gasteiger partial charge on any atom is -0.193 e. The van der Waals surface area contributed by atoms with E-state index in [4.69, 9.17) is 5.26 Å². The van der Waals surface area contributed by atoms with Crippen molar-refractivity contribution in [2.75, 3.05) is 0 Å². The molecule has 3 rings (SSSR count). The predicted molar refractivity (Wildman–Crippen MR) is 115 cm³/mol. The van der Waals surface area contributed by atoms with Crippen LogP contribution in [0.2, 0.25) is 0 Å². The van der Waals surface area contributed by atoms with Crippen LogP contribution in [0.25, 0.3) is 0 Å². The zero-order valence-corrected chi connectivity index (χ0v) is 17.3. The summed E-state index contributed by atoms with van der Waals surface area (Å²) in [6.45, 7) is 0. The molecule has 30 heavy (non-hydrogen) atoms. The lowest BCUT2D eigenvalue weighted by Gasteiger charge is -2.28. The molecule has 0 radical (unpaired) electrons. The van der Waals surface area contributed by atoms with Gasteiger partial charge in [-0.15, -0.1) is 0 Å². The van der Waals surface area contributed by atoms with Gasteiger partial charge in [0.2, 0.25) is 0 Å². The van der Waals surface area contributed by atoms with Crippen LogP contribution in [-0.4, -0.2) is 0 Å². The summed E-state index contributed by atoms with van der Waals surface area (Å²) in [6, 6.07) is 7.75. The largest absolute Gasteiger partial charge is 0.416 e. The SMILES string of the molecule is N#CC=CC=C[C@H]1CC[C@H](/C=C/[C@H]2CC[C@H](c3ccc(C(F)(F)F)cc3)CC2)CC1. The van der Waals surface area contributed by atoms with Crippen LogP contribution in [0.15, 0.2) is 60.7 Å². The summed E-state index contributed by atoms with van der Waals surface area (Å²) in [4.78, 5) is 0. The second-order valence-corrected chi connectivity index (χ2v) is 8.66. The molecule has 0 aromatic heterocycles. The van der Waals surface area contributed by atoms with E-state index in [0.717, 1.165) is 31.2 Å². The fourth-order valence-corrected chi connectivity index (χ4v) is 4.75. The first-order chi connectivity index (χ1) is 14.5. The van der Waals surface area contributed by atoms with Crippen molar-refractivity contribution < 1.29 is 13.2 Å². The molecule has 0 aliphatic heterocycles. The molecule has 0 amide bonds. The van der Waals surface area contributed by atoms with Crippen LogP contribution in [0.5, 0.6) is 0 Å². The lowest BCUT2D eigenvalue weighted by molar-refractivity contribution is -0.137. The Hall–Kier alpha value is -2.28. The number of rotatable bonds is 5. The molecule has 1 aromatic rings.